The highest BCUT2D eigenvalue weighted by Crippen LogP contribution is 2.00. The highest BCUT2D eigenvalue weighted by Gasteiger charge is 2.18. The summed E-state index contributed by atoms with van der Waals surface area (Å²) in [7, 11) is 2.10. The molecule has 4 nitrogen and oxygen atoms in total. The van der Waals surface area contributed by atoms with Gasteiger partial charge in [-0.05, 0) is 19.9 Å². The molecule has 0 atom stereocenters. The number of hydrogen-bond acceptors (Lipinski definition) is 3. The summed E-state index contributed by atoms with van der Waals surface area (Å²) in [6, 6.07) is 0.483. The van der Waals surface area contributed by atoms with Crippen molar-refractivity contribution in [1.82, 2.24) is 15.1 Å². The number of carbonyl (C=O) groups excluding carboxylic acids is 1. The molecule has 1 aliphatic heterocycles. The van der Waals surface area contributed by atoms with Crippen molar-refractivity contribution < 1.29 is 4.79 Å². The summed E-state index contributed by atoms with van der Waals surface area (Å²) < 4.78 is 0. The normalized spacial score (nSPS) is 18.1. The van der Waals surface area contributed by atoms with E-state index in [9.17, 15) is 4.79 Å². The maximum Gasteiger partial charge on any atom is 0.236 e. The highest BCUT2D eigenvalue weighted by molar-refractivity contribution is 5.78. The third kappa shape index (κ3) is 4.10. The van der Waals surface area contributed by atoms with Crippen molar-refractivity contribution in [2.75, 3.05) is 39.8 Å². The van der Waals surface area contributed by atoms with Crippen LogP contribution in [0, 0.1) is 0 Å². The molecule has 1 N–H and O–H groups in total. The van der Waals surface area contributed by atoms with Crippen LogP contribution >= 0.6 is 0 Å². The van der Waals surface area contributed by atoms with Crippen LogP contribution in [0.1, 0.15) is 26.7 Å². The van der Waals surface area contributed by atoms with Gasteiger partial charge < -0.3 is 15.1 Å². The number of nitrogens with zero attached hydrogens (tertiary/aromatic N) is 2. The van der Waals surface area contributed by atoms with Gasteiger partial charge in [-0.25, -0.2) is 0 Å². The minimum atomic E-state index is 0.250. The van der Waals surface area contributed by atoms with E-state index in [0.717, 1.165) is 39.0 Å². The van der Waals surface area contributed by atoms with Crippen LogP contribution in [0.25, 0.3) is 0 Å². The van der Waals surface area contributed by atoms with Gasteiger partial charge in [0.15, 0.2) is 0 Å². The standard InChI is InChI=1S/C12H25N3O/c1-4-11(5-2)13-10-12(16)15-8-6-14(3)7-9-15/h11,13H,4-10H2,1-3H3. The number of carbonyl (C=O) groups is 1. The van der Waals surface area contributed by atoms with E-state index in [1.807, 2.05) is 4.90 Å². The fourth-order valence-corrected chi connectivity index (χ4v) is 1.98. The molecule has 0 aromatic carbocycles. The van der Waals surface area contributed by atoms with E-state index in [-0.39, 0.29) is 5.91 Å². The van der Waals surface area contributed by atoms with Gasteiger partial charge in [0.1, 0.15) is 0 Å². The first-order valence-electron chi connectivity index (χ1n) is 6.37. The molecular formula is C12H25N3O. The molecule has 1 heterocycles. The first-order valence-corrected chi connectivity index (χ1v) is 6.37. The zero-order chi connectivity index (χ0) is 12.0. The second-order valence-electron chi connectivity index (χ2n) is 4.58. The number of nitrogens with one attached hydrogen (secondary N) is 1. The summed E-state index contributed by atoms with van der Waals surface area (Å²) >= 11 is 0. The van der Waals surface area contributed by atoms with Gasteiger partial charge in [-0.2, -0.15) is 0 Å². The predicted molar refractivity (Wildman–Crippen MR) is 66.4 cm³/mol. The summed E-state index contributed by atoms with van der Waals surface area (Å²) in [6.07, 6.45) is 2.18. The molecule has 1 amide bonds. The van der Waals surface area contributed by atoms with E-state index in [4.69, 9.17) is 0 Å². The molecule has 0 unspecified atom stereocenters. The lowest BCUT2D eigenvalue weighted by Crippen LogP contribution is -2.50. The van der Waals surface area contributed by atoms with Crippen molar-refractivity contribution in [3.8, 4) is 0 Å². The Hall–Kier alpha value is -0.610. The lowest BCUT2D eigenvalue weighted by Gasteiger charge is -2.32. The van der Waals surface area contributed by atoms with Gasteiger partial charge >= 0.3 is 0 Å². The monoisotopic (exact) mass is 227 g/mol. The van der Waals surface area contributed by atoms with Gasteiger partial charge in [-0.3, -0.25) is 4.79 Å². The average molecular weight is 227 g/mol. The minimum absolute atomic E-state index is 0.250. The summed E-state index contributed by atoms with van der Waals surface area (Å²) in [5, 5.41) is 3.32. The SMILES string of the molecule is CCC(CC)NCC(=O)N1CCN(C)CC1. The first kappa shape index (κ1) is 13.5. The van der Waals surface area contributed by atoms with E-state index in [1.165, 1.54) is 0 Å². The summed E-state index contributed by atoms with van der Waals surface area (Å²) in [6.45, 7) is 8.55. The molecule has 4 heteroatoms. The maximum absolute atomic E-state index is 11.9. The van der Waals surface area contributed by atoms with Crippen molar-refractivity contribution in [3.63, 3.8) is 0 Å². The lowest BCUT2D eigenvalue weighted by atomic mass is 10.2. The van der Waals surface area contributed by atoms with Gasteiger partial charge in [-0.1, -0.05) is 13.8 Å². The van der Waals surface area contributed by atoms with Gasteiger partial charge in [0, 0.05) is 32.2 Å². The number of rotatable bonds is 5. The third-order valence-corrected chi connectivity index (χ3v) is 3.38. The number of hydrogen-bond donors (Lipinski definition) is 1. The molecule has 16 heavy (non-hydrogen) atoms. The van der Waals surface area contributed by atoms with Crippen molar-refractivity contribution in [2.45, 2.75) is 32.7 Å². The Balaban J connectivity index is 2.24. The molecule has 0 bridgehead atoms. The number of likely N-dealkylation sites (N-methyl/N-ethyl adjacent to an activating group) is 1. The molecule has 0 spiro atoms. The Kier molecular flexibility index (Phi) is 5.77. The van der Waals surface area contributed by atoms with Crippen LogP contribution in [0.15, 0.2) is 0 Å². The first-order chi connectivity index (χ1) is 7.67. The Morgan fingerprint density at radius 2 is 1.75 bits per heavy atom. The van der Waals surface area contributed by atoms with Gasteiger partial charge in [0.2, 0.25) is 5.91 Å². The average Bonchev–Trinajstić information content (AvgIpc) is 2.31. The summed E-state index contributed by atoms with van der Waals surface area (Å²) in [5.74, 6) is 0.250. The topological polar surface area (TPSA) is 35.6 Å². The van der Waals surface area contributed by atoms with Crippen LogP contribution in [0.4, 0.5) is 0 Å². The van der Waals surface area contributed by atoms with Crippen LogP contribution in [0.3, 0.4) is 0 Å². The van der Waals surface area contributed by atoms with Crippen LogP contribution in [0.5, 0.6) is 0 Å². The van der Waals surface area contributed by atoms with E-state index in [0.29, 0.717) is 12.6 Å². The Labute approximate surface area is 99.0 Å². The predicted octanol–water partition coefficient (Wildman–Crippen LogP) is 0.539. The molecule has 0 aliphatic carbocycles. The molecule has 1 saturated heterocycles. The van der Waals surface area contributed by atoms with Gasteiger partial charge in [0.05, 0.1) is 6.54 Å². The smallest absolute Gasteiger partial charge is 0.236 e. The Bertz CT molecular complexity index is 208. The minimum Gasteiger partial charge on any atom is -0.339 e. The second-order valence-corrected chi connectivity index (χ2v) is 4.58. The fourth-order valence-electron chi connectivity index (χ4n) is 1.98. The molecule has 0 saturated carbocycles. The van der Waals surface area contributed by atoms with Crippen molar-refractivity contribution in [2.24, 2.45) is 0 Å². The largest absolute Gasteiger partial charge is 0.339 e. The zero-order valence-electron chi connectivity index (χ0n) is 10.8. The van der Waals surface area contributed by atoms with Crippen molar-refractivity contribution in [3.05, 3.63) is 0 Å². The van der Waals surface area contributed by atoms with E-state index < -0.39 is 0 Å². The van der Waals surface area contributed by atoms with Crippen LogP contribution in [0.2, 0.25) is 0 Å². The third-order valence-electron chi connectivity index (χ3n) is 3.38. The molecule has 1 rings (SSSR count). The van der Waals surface area contributed by atoms with Gasteiger partial charge in [-0.15, -0.1) is 0 Å². The van der Waals surface area contributed by atoms with E-state index in [1.54, 1.807) is 0 Å². The zero-order valence-corrected chi connectivity index (χ0v) is 10.8. The fraction of sp³-hybridized carbons (Fsp3) is 0.917. The number of piperazine rings is 1. The second kappa shape index (κ2) is 6.86. The molecule has 0 aromatic heterocycles. The summed E-state index contributed by atoms with van der Waals surface area (Å²) in [4.78, 5) is 16.1. The van der Waals surface area contributed by atoms with E-state index in [2.05, 4.69) is 31.1 Å². The molecule has 94 valence electrons. The van der Waals surface area contributed by atoms with Gasteiger partial charge in [0.25, 0.3) is 0 Å². The van der Waals surface area contributed by atoms with E-state index >= 15 is 0 Å². The maximum atomic E-state index is 11.9. The molecular weight excluding hydrogens is 202 g/mol. The van der Waals surface area contributed by atoms with Crippen LogP contribution in [-0.2, 0) is 4.79 Å². The van der Waals surface area contributed by atoms with Crippen molar-refractivity contribution >= 4 is 5.91 Å². The Morgan fingerprint density at radius 1 is 1.19 bits per heavy atom. The quantitative estimate of drug-likeness (QED) is 0.744. The summed E-state index contributed by atoms with van der Waals surface area (Å²) in [5.41, 5.74) is 0. The Morgan fingerprint density at radius 3 is 2.25 bits per heavy atom. The lowest BCUT2D eigenvalue weighted by molar-refractivity contribution is -0.131. The molecule has 0 radical (unpaired) electrons. The van der Waals surface area contributed by atoms with Crippen molar-refractivity contribution in [1.29, 1.82) is 0 Å². The molecule has 0 aromatic rings. The molecule has 1 aliphatic rings. The number of amides is 1. The highest BCUT2D eigenvalue weighted by atomic mass is 16.2. The van der Waals surface area contributed by atoms with Crippen LogP contribution < -0.4 is 5.32 Å². The molecule has 1 fully saturated rings. The van der Waals surface area contributed by atoms with Crippen LogP contribution in [-0.4, -0.2) is 61.5 Å².